The van der Waals surface area contributed by atoms with Crippen molar-refractivity contribution in [1.29, 1.82) is 0 Å². The number of imide groups is 1. The number of benzene rings is 2. The number of aromatic hydroxyl groups is 1. The van der Waals surface area contributed by atoms with Gasteiger partial charge in [-0.05, 0) is 53.2 Å². The maximum atomic E-state index is 12.5. The summed E-state index contributed by atoms with van der Waals surface area (Å²) in [6.07, 6.45) is 1.62. The van der Waals surface area contributed by atoms with E-state index >= 15 is 0 Å². The number of methoxy groups -OCH3 is 1. The molecule has 5 nitrogen and oxygen atoms in total. The molecular weight excluding hydrogens is 406 g/mol. The molecule has 1 N–H and O–H groups in total. The Bertz CT molecular complexity index is 864. The fraction of sp³-hybridized carbons (Fsp3) is 0.111. The minimum absolute atomic E-state index is 0.0167. The fourth-order valence-electron chi connectivity index (χ4n) is 2.34. The minimum atomic E-state index is -0.329. The first-order valence-corrected chi connectivity index (χ1v) is 8.95. The smallest absolute Gasteiger partial charge is 0.293 e. The lowest BCUT2D eigenvalue weighted by Crippen LogP contribution is -2.27. The number of rotatable bonds is 4. The van der Waals surface area contributed by atoms with Gasteiger partial charge in [-0.1, -0.05) is 34.1 Å². The van der Waals surface area contributed by atoms with Gasteiger partial charge in [0.2, 0.25) is 0 Å². The number of hydrogen-bond donors (Lipinski definition) is 1. The number of amides is 2. The molecule has 0 saturated carbocycles. The van der Waals surface area contributed by atoms with E-state index in [0.29, 0.717) is 16.2 Å². The van der Waals surface area contributed by atoms with E-state index in [0.717, 1.165) is 21.8 Å². The third kappa shape index (κ3) is 3.88. The highest BCUT2D eigenvalue weighted by molar-refractivity contribution is 9.10. The highest BCUT2D eigenvalue weighted by Crippen LogP contribution is 2.35. The van der Waals surface area contributed by atoms with Crippen LogP contribution in [0.3, 0.4) is 0 Å². The lowest BCUT2D eigenvalue weighted by molar-refractivity contribution is -0.123. The van der Waals surface area contributed by atoms with Crippen LogP contribution in [0.2, 0.25) is 0 Å². The van der Waals surface area contributed by atoms with Crippen molar-refractivity contribution in [2.24, 2.45) is 0 Å². The molecule has 2 aromatic carbocycles. The maximum absolute atomic E-state index is 12.5. The van der Waals surface area contributed by atoms with E-state index in [1.54, 1.807) is 18.2 Å². The highest BCUT2D eigenvalue weighted by Gasteiger charge is 2.34. The van der Waals surface area contributed by atoms with Crippen LogP contribution in [0.15, 0.2) is 51.8 Å². The molecule has 2 aromatic rings. The van der Waals surface area contributed by atoms with Crippen LogP contribution in [0.5, 0.6) is 11.5 Å². The van der Waals surface area contributed by atoms with Crippen LogP contribution in [0.1, 0.15) is 11.1 Å². The molecule has 1 fully saturated rings. The summed E-state index contributed by atoms with van der Waals surface area (Å²) in [5.41, 5.74) is 1.54. The molecule has 3 rings (SSSR count). The Morgan fingerprint density at radius 2 is 1.92 bits per heavy atom. The van der Waals surface area contributed by atoms with Gasteiger partial charge in [-0.15, -0.1) is 0 Å². The molecular formula is C18H14BrNO4S. The first-order valence-electron chi connectivity index (χ1n) is 7.35. The second-order valence-electron chi connectivity index (χ2n) is 5.33. The van der Waals surface area contributed by atoms with Crippen molar-refractivity contribution >= 4 is 44.9 Å². The molecule has 1 aliphatic rings. The molecule has 1 saturated heterocycles. The number of halogens is 1. The summed E-state index contributed by atoms with van der Waals surface area (Å²) in [6.45, 7) is 0.230. The standard InChI is InChI=1S/C18H14BrNO4S/c1-24-15-8-12(4-7-14(15)21)9-16-17(22)20(18(23)25-16)10-11-2-5-13(19)6-3-11/h2-9,21H,10H2,1H3. The van der Waals surface area contributed by atoms with E-state index < -0.39 is 0 Å². The summed E-state index contributed by atoms with van der Waals surface area (Å²) >= 11 is 4.26. The molecule has 25 heavy (non-hydrogen) atoms. The molecule has 0 atom stereocenters. The molecule has 2 amide bonds. The topological polar surface area (TPSA) is 66.8 Å². The van der Waals surface area contributed by atoms with Gasteiger partial charge in [0.25, 0.3) is 11.1 Å². The van der Waals surface area contributed by atoms with Gasteiger partial charge >= 0.3 is 0 Å². The number of hydrogen-bond acceptors (Lipinski definition) is 5. The van der Waals surface area contributed by atoms with E-state index in [1.165, 1.54) is 18.1 Å². The Morgan fingerprint density at radius 1 is 1.20 bits per heavy atom. The van der Waals surface area contributed by atoms with Crippen LogP contribution in [0.4, 0.5) is 4.79 Å². The molecule has 7 heteroatoms. The number of ether oxygens (including phenoxy) is 1. The van der Waals surface area contributed by atoms with Gasteiger partial charge in [-0.2, -0.15) is 0 Å². The number of carbonyl (C=O) groups is 2. The predicted molar refractivity (Wildman–Crippen MR) is 100 cm³/mol. The van der Waals surface area contributed by atoms with E-state index in [4.69, 9.17) is 4.74 Å². The zero-order valence-corrected chi connectivity index (χ0v) is 15.6. The quantitative estimate of drug-likeness (QED) is 0.743. The molecule has 128 valence electrons. The Kier molecular flexibility index (Phi) is 5.15. The Morgan fingerprint density at radius 3 is 2.60 bits per heavy atom. The molecule has 1 heterocycles. The average Bonchev–Trinajstić information content (AvgIpc) is 2.86. The van der Waals surface area contributed by atoms with Gasteiger partial charge in [-0.25, -0.2) is 0 Å². The molecule has 0 bridgehead atoms. The predicted octanol–water partition coefficient (Wildman–Crippen LogP) is 4.40. The second kappa shape index (κ2) is 7.33. The van der Waals surface area contributed by atoms with Gasteiger partial charge in [0.05, 0.1) is 18.6 Å². The van der Waals surface area contributed by atoms with E-state index in [1.807, 2.05) is 24.3 Å². The van der Waals surface area contributed by atoms with E-state index in [9.17, 15) is 14.7 Å². The SMILES string of the molecule is COc1cc(C=C2SC(=O)N(Cc3ccc(Br)cc3)C2=O)ccc1O. The molecule has 0 aromatic heterocycles. The summed E-state index contributed by atoms with van der Waals surface area (Å²) < 4.78 is 5.99. The van der Waals surface area contributed by atoms with Gasteiger partial charge in [0.15, 0.2) is 11.5 Å². The van der Waals surface area contributed by atoms with Crippen LogP contribution in [0.25, 0.3) is 6.08 Å². The number of phenolic OH excluding ortho intramolecular Hbond substituents is 1. The molecule has 1 aliphatic heterocycles. The number of phenols is 1. The summed E-state index contributed by atoms with van der Waals surface area (Å²) in [5.74, 6) is -0.00389. The van der Waals surface area contributed by atoms with Crippen LogP contribution >= 0.6 is 27.7 Å². The largest absolute Gasteiger partial charge is 0.504 e. The zero-order chi connectivity index (χ0) is 18.0. The Labute approximate surface area is 157 Å². The normalized spacial score (nSPS) is 15.9. The van der Waals surface area contributed by atoms with Crippen LogP contribution in [-0.2, 0) is 11.3 Å². The number of carbonyl (C=O) groups excluding carboxylic acids is 2. The van der Waals surface area contributed by atoms with Crippen molar-refractivity contribution in [2.75, 3.05) is 7.11 Å². The van der Waals surface area contributed by atoms with Crippen molar-refractivity contribution in [2.45, 2.75) is 6.54 Å². The van der Waals surface area contributed by atoms with E-state index in [-0.39, 0.29) is 23.4 Å². The van der Waals surface area contributed by atoms with Crippen molar-refractivity contribution in [3.63, 3.8) is 0 Å². The van der Waals surface area contributed by atoms with Gasteiger partial charge in [0, 0.05) is 4.47 Å². The average molecular weight is 420 g/mol. The van der Waals surface area contributed by atoms with Crippen molar-refractivity contribution in [1.82, 2.24) is 4.90 Å². The first-order chi connectivity index (χ1) is 12.0. The van der Waals surface area contributed by atoms with E-state index in [2.05, 4.69) is 15.9 Å². The third-order valence-corrected chi connectivity index (χ3v) is 5.07. The van der Waals surface area contributed by atoms with Crippen LogP contribution < -0.4 is 4.74 Å². The minimum Gasteiger partial charge on any atom is -0.504 e. The zero-order valence-electron chi connectivity index (χ0n) is 13.2. The maximum Gasteiger partial charge on any atom is 0.293 e. The lowest BCUT2D eigenvalue weighted by atomic mass is 10.1. The summed E-state index contributed by atoms with van der Waals surface area (Å²) in [7, 11) is 1.45. The van der Waals surface area contributed by atoms with Gasteiger partial charge < -0.3 is 9.84 Å². The molecule has 0 radical (unpaired) electrons. The molecule has 0 unspecified atom stereocenters. The van der Waals surface area contributed by atoms with Gasteiger partial charge in [0.1, 0.15) is 0 Å². The number of nitrogens with zero attached hydrogens (tertiary/aromatic N) is 1. The highest BCUT2D eigenvalue weighted by atomic mass is 79.9. The molecule has 0 spiro atoms. The number of thioether (sulfide) groups is 1. The second-order valence-corrected chi connectivity index (χ2v) is 7.23. The third-order valence-electron chi connectivity index (χ3n) is 3.63. The van der Waals surface area contributed by atoms with Crippen LogP contribution in [0, 0.1) is 0 Å². The Balaban J connectivity index is 1.82. The molecule has 0 aliphatic carbocycles. The van der Waals surface area contributed by atoms with Crippen molar-refractivity contribution in [3.05, 3.63) is 63.0 Å². The monoisotopic (exact) mass is 419 g/mol. The summed E-state index contributed by atoms with van der Waals surface area (Å²) in [4.78, 5) is 26.3. The van der Waals surface area contributed by atoms with Gasteiger partial charge in [-0.3, -0.25) is 14.5 Å². The fourth-order valence-corrected chi connectivity index (χ4v) is 3.45. The van der Waals surface area contributed by atoms with Crippen molar-refractivity contribution < 1.29 is 19.4 Å². The van der Waals surface area contributed by atoms with Crippen molar-refractivity contribution in [3.8, 4) is 11.5 Å². The first kappa shape index (κ1) is 17.6. The lowest BCUT2D eigenvalue weighted by Gasteiger charge is -2.12. The summed E-state index contributed by atoms with van der Waals surface area (Å²) in [6, 6.07) is 12.2. The van der Waals surface area contributed by atoms with Crippen LogP contribution in [-0.4, -0.2) is 28.3 Å². The summed E-state index contributed by atoms with van der Waals surface area (Å²) in [5, 5.41) is 9.33. The Hall–Kier alpha value is -2.25.